The van der Waals surface area contributed by atoms with E-state index >= 15 is 0 Å². The van der Waals surface area contributed by atoms with E-state index in [1.165, 1.54) is 5.56 Å². The van der Waals surface area contributed by atoms with Gasteiger partial charge >= 0.3 is 0 Å². The highest BCUT2D eigenvalue weighted by molar-refractivity contribution is 6.31. The van der Waals surface area contributed by atoms with E-state index in [1.54, 1.807) is 0 Å². The third-order valence-corrected chi connectivity index (χ3v) is 3.57. The molecular weight excluding hydrogens is 246 g/mol. The summed E-state index contributed by atoms with van der Waals surface area (Å²) in [5, 5.41) is 4.29. The Bertz CT molecular complexity index is 556. The van der Waals surface area contributed by atoms with Crippen LogP contribution in [0.2, 0.25) is 5.02 Å². The molecule has 2 nitrogen and oxygen atoms in total. The second-order valence-electron chi connectivity index (χ2n) is 4.37. The lowest BCUT2D eigenvalue weighted by Crippen LogP contribution is -2.22. The van der Waals surface area contributed by atoms with Crippen LogP contribution < -0.4 is 10.1 Å². The summed E-state index contributed by atoms with van der Waals surface area (Å²) < 4.78 is 5.63. The van der Waals surface area contributed by atoms with Gasteiger partial charge in [0, 0.05) is 17.1 Å². The Hall–Kier alpha value is -1.51. The molecule has 1 aliphatic rings. The fourth-order valence-corrected chi connectivity index (χ4v) is 2.41. The topological polar surface area (TPSA) is 21.3 Å². The van der Waals surface area contributed by atoms with Crippen molar-refractivity contribution in [1.82, 2.24) is 5.32 Å². The molecule has 3 rings (SSSR count). The SMILES string of the molecule is Clc1ccccc1CNC1COc2ccccc21. The van der Waals surface area contributed by atoms with Crippen molar-refractivity contribution in [2.24, 2.45) is 0 Å². The van der Waals surface area contributed by atoms with Crippen LogP contribution in [0.15, 0.2) is 48.5 Å². The van der Waals surface area contributed by atoms with Crippen LogP contribution in [-0.4, -0.2) is 6.61 Å². The molecule has 1 aliphatic heterocycles. The molecule has 0 radical (unpaired) electrons. The van der Waals surface area contributed by atoms with Gasteiger partial charge in [0.05, 0.1) is 6.04 Å². The van der Waals surface area contributed by atoms with Crippen molar-refractivity contribution < 1.29 is 4.74 Å². The highest BCUT2D eigenvalue weighted by Crippen LogP contribution is 2.32. The number of para-hydroxylation sites is 1. The zero-order chi connectivity index (χ0) is 12.4. The predicted octanol–water partition coefficient (Wildman–Crippen LogP) is 3.56. The van der Waals surface area contributed by atoms with Crippen molar-refractivity contribution in [3.8, 4) is 5.75 Å². The van der Waals surface area contributed by atoms with Crippen LogP contribution in [0.5, 0.6) is 5.75 Å². The van der Waals surface area contributed by atoms with E-state index in [0.717, 1.165) is 22.9 Å². The molecule has 3 heteroatoms. The van der Waals surface area contributed by atoms with Gasteiger partial charge in [0.2, 0.25) is 0 Å². The number of hydrogen-bond acceptors (Lipinski definition) is 2. The van der Waals surface area contributed by atoms with Gasteiger partial charge in [0.1, 0.15) is 12.4 Å². The molecule has 1 heterocycles. The molecule has 0 aliphatic carbocycles. The van der Waals surface area contributed by atoms with Gasteiger partial charge in [0.25, 0.3) is 0 Å². The van der Waals surface area contributed by atoms with Crippen LogP contribution in [0.1, 0.15) is 17.2 Å². The van der Waals surface area contributed by atoms with E-state index in [1.807, 2.05) is 42.5 Å². The van der Waals surface area contributed by atoms with Crippen molar-refractivity contribution in [1.29, 1.82) is 0 Å². The van der Waals surface area contributed by atoms with E-state index in [4.69, 9.17) is 16.3 Å². The molecule has 0 saturated carbocycles. The second-order valence-corrected chi connectivity index (χ2v) is 4.78. The predicted molar refractivity (Wildman–Crippen MR) is 73.0 cm³/mol. The molecule has 1 unspecified atom stereocenters. The summed E-state index contributed by atoms with van der Waals surface area (Å²) >= 11 is 6.14. The fourth-order valence-electron chi connectivity index (χ4n) is 2.21. The highest BCUT2D eigenvalue weighted by atomic mass is 35.5. The average molecular weight is 260 g/mol. The lowest BCUT2D eigenvalue weighted by molar-refractivity contribution is 0.310. The number of ether oxygens (including phenoxy) is 1. The molecule has 0 aromatic heterocycles. The Morgan fingerprint density at radius 1 is 1.11 bits per heavy atom. The van der Waals surface area contributed by atoms with Gasteiger partial charge in [-0.05, 0) is 17.7 Å². The molecule has 0 fully saturated rings. The van der Waals surface area contributed by atoms with Crippen LogP contribution in [0.4, 0.5) is 0 Å². The quantitative estimate of drug-likeness (QED) is 0.910. The number of fused-ring (bicyclic) bond motifs is 1. The minimum atomic E-state index is 0.248. The van der Waals surface area contributed by atoms with Gasteiger partial charge < -0.3 is 10.1 Å². The second kappa shape index (κ2) is 5.01. The molecule has 0 spiro atoms. The Balaban J connectivity index is 1.71. The summed E-state index contributed by atoms with van der Waals surface area (Å²) in [7, 11) is 0. The summed E-state index contributed by atoms with van der Waals surface area (Å²) in [5.74, 6) is 0.981. The number of rotatable bonds is 3. The first-order valence-corrected chi connectivity index (χ1v) is 6.41. The molecule has 0 saturated heterocycles. The molecule has 1 atom stereocenters. The number of hydrogen-bond donors (Lipinski definition) is 1. The maximum absolute atomic E-state index is 6.14. The van der Waals surface area contributed by atoms with E-state index in [-0.39, 0.29) is 6.04 Å². The standard InChI is InChI=1S/C15H14ClNO/c16-13-7-3-1-5-11(13)9-17-14-10-18-15-8-4-2-6-12(14)15/h1-8,14,17H,9-10H2. The zero-order valence-electron chi connectivity index (χ0n) is 9.90. The summed E-state index contributed by atoms with van der Waals surface area (Å²) in [4.78, 5) is 0. The largest absolute Gasteiger partial charge is 0.491 e. The number of nitrogens with one attached hydrogen (secondary N) is 1. The maximum atomic E-state index is 6.14. The maximum Gasteiger partial charge on any atom is 0.124 e. The first kappa shape index (κ1) is 11.6. The lowest BCUT2D eigenvalue weighted by atomic mass is 10.1. The van der Waals surface area contributed by atoms with Crippen molar-refractivity contribution in [3.05, 3.63) is 64.7 Å². The first-order chi connectivity index (χ1) is 8.84. The molecule has 2 aromatic rings. The minimum absolute atomic E-state index is 0.248. The van der Waals surface area contributed by atoms with Crippen LogP contribution in [0.3, 0.4) is 0 Å². The van der Waals surface area contributed by atoms with Gasteiger partial charge in [-0.2, -0.15) is 0 Å². The van der Waals surface area contributed by atoms with Crippen LogP contribution in [-0.2, 0) is 6.54 Å². The van der Waals surface area contributed by atoms with Crippen molar-refractivity contribution >= 4 is 11.6 Å². The van der Waals surface area contributed by atoms with Crippen molar-refractivity contribution in [3.63, 3.8) is 0 Å². The van der Waals surface area contributed by atoms with E-state index in [0.29, 0.717) is 6.61 Å². The smallest absolute Gasteiger partial charge is 0.124 e. The van der Waals surface area contributed by atoms with Crippen LogP contribution >= 0.6 is 11.6 Å². The van der Waals surface area contributed by atoms with Crippen molar-refractivity contribution in [2.75, 3.05) is 6.61 Å². The Morgan fingerprint density at radius 3 is 2.78 bits per heavy atom. The van der Waals surface area contributed by atoms with Gasteiger partial charge in [-0.25, -0.2) is 0 Å². The van der Waals surface area contributed by atoms with Crippen LogP contribution in [0.25, 0.3) is 0 Å². The van der Waals surface area contributed by atoms with Gasteiger partial charge in [0.15, 0.2) is 0 Å². The third kappa shape index (κ3) is 2.22. The summed E-state index contributed by atoms with van der Waals surface area (Å²) in [5.41, 5.74) is 2.34. The van der Waals surface area contributed by atoms with E-state index in [2.05, 4.69) is 11.4 Å². The van der Waals surface area contributed by atoms with Gasteiger partial charge in [-0.3, -0.25) is 0 Å². The summed E-state index contributed by atoms with van der Waals surface area (Å²) in [6.45, 7) is 1.44. The Morgan fingerprint density at radius 2 is 1.89 bits per heavy atom. The normalized spacial score (nSPS) is 17.3. The fraction of sp³-hybridized carbons (Fsp3) is 0.200. The average Bonchev–Trinajstić information content (AvgIpc) is 2.81. The summed E-state index contributed by atoms with van der Waals surface area (Å²) in [6, 6.07) is 16.3. The van der Waals surface area contributed by atoms with E-state index < -0.39 is 0 Å². The molecule has 18 heavy (non-hydrogen) atoms. The van der Waals surface area contributed by atoms with Crippen LogP contribution in [0, 0.1) is 0 Å². The van der Waals surface area contributed by atoms with Gasteiger partial charge in [-0.15, -0.1) is 0 Å². The third-order valence-electron chi connectivity index (χ3n) is 3.20. The first-order valence-electron chi connectivity index (χ1n) is 6.03. The zero-order valence-corrected chi connectivity index (χ0v) is 10.7. The molecule has 2 aromatic carbocycles. The van der Waals surface area contributed by atoms with Crippen molar-refractivity contribution in [2.45, 2.75) is 12.6 Å². The Labute approximate surface area is 112 Å². The highest BCUT2D eigenvalue weighted by Gasteiger charge is 2.22. The molecule has 92 valence electrons. The minimum Gasteiger partial charge on any atom is -0.491 e. The van der Waals surface area contributed by atoms with Gasteiger partial charge in [-0.1, -0.05) is 48.0 Å². The Kier molecular flexibility index (Phi) is 3.22. The lowest BCUT2D eigenvalue weighted by Gasteiger charge is -2.12. The molecular formula is C15H14ClNO. The molecule has 0 amide bonds. The number of benzene rings is 2. The monoisotopic (exact) mass is 259 g/mol. The molecule has 0 bridgehead atoms. The van der Waals surface area contributed by atoms with E-state index in [9.17, 15) is 0 Å². The summed E-state index contributed by atoms with van der Waals surface area (Å²) in [6.07, 6.45) is 0. The number of halogens is 1. The molecule has 1 N–H and O–H groups in total.